The van der Waals surface area contributed by atoms with Crippen LogP contribution >= 0.6 is 11.6 Å². The standard InChI is InChI=1S/C14H10ClF3N2O2/c15-7-1-2-10-8(5-7)12(21)9-6-20(4-3-11(9)19-10)13(22)14(16,17)18/h1-2,5H,3-4,6H2,(H,19,21). The minimum absolute atomic E-state index is 0.0830. The van der Waals surface area contributed by atoms with Gasteiger partial charge in [-0.05, 0) is 18.2 Å². The van der Waals surface area contributed by atoms with Crippen LogP contribution in [0.2, 0.25) is 5.02 Å². The third-order valence-corrected chi connectivity index (χ3v) is 3.90. The number of fused-ring (bicyclic) bond motifs is 2. The van der Waals surface area contributed by atoms with Crippen LogP contribution in [0.1, 0.15) is 11.3 Å². The number of benzene rings is 1. The molecular formula is C14H10ClF3N2O2. The molecular weight excluding hydrogens is 321 g/mol. The lowest BCUT2D eigenvalue weighted by molar-refractivity contribution is -0.186. The second kappa shape index (κ2) is 5.01. The number of nitrogens with zero attached hydrogens (tertiary/aromatic N) is 1. The lowest BCUT2D eigenvalue weighted by Crippen LogP contribution is -2.45. The molecule has 1 aliphatic heterocycles. The fourth-order valence-electron chi connectivity index (χ4n) is 2.60. The van der Waals surface area contributed by atoms with E-state index in [0.29, 0.717) is 26.5 Å². The molecule has 0 saturated heterocycles. The topological polar surface area (TPSA) is 53.2 Å². The summed E-state index contributed by atoms with van der Waals surface area (Å²) in [6.45, 7) is -0.439. The van der Waals surface area contributed by atoms with Crippen molar-refractivity contribution in [3.8, 4) is 0 Å². The van der Waals surface area contributed by atoms with E-state index in [1.807, 2.05) is 0 Å². The van der Waals surface area contributed by atoms with Gasteiger partial charge in [0.2, 0.25) is 0 Å². The lowest BCUT2D eigenvalue weighted by Gasteiger charge is -2.29. The van der Waals surface area contributed by atoms with Crippen molar-refractivity contribution >= 4 is 28.4 Å². The predicted octanol–water partition coefficient (Wildman–Crippen LogP) is 2.63. The van der Waals surface area contributed by atoms with Gasteiger partial charge in [-0.2, -0.15) is 13.2 Å². The fraction of sp³-hybridized carbons (Fsp3) is 0.286. The Kier molecular flexibility index (Phi) is 3.40. The van der Waals surface area contributed by atoms with Gasteiger partial charge in [0, 0.05) is 40.1 Å². The Balaban J connectivity index is 2.07. The van der Waals surface area contributed by atoms with Gasteiger partial charge in [-0.15, -0.1) is 0 Å². The summed E-state index contributed by atoms with van der Waals surface area (Å²) in [5.41, 5.74) is 0.916. The maximum absolute atomic E-state index is 12.5. The molecule has 0 radical (unpaired) electrons. The Labute approximate surface area is 127 Å². The van der Waals surface area contributed by atoms with Crippen molar-refractivity contribution in [2.75, 3.05) is 6.54 Å². The van der Waals surface area contributed by atoms with Crippen molar-refractivity contribution in [1.29, 1.82) is 0 Å². The van der Waals surface area contributed by atoms with Gasteiger partial charge in [-0.25, -0.2) is 0 Å². The average molecular weight is 331 g/mol. The first-order valence-corrected chi connectivity index (χ1v) is 6.84. The molecule has 3 rings (SSSR count). The van der Waals surface area contributed by atoms with Crippen LogP contribution in [-0.4, -0.2) is 28.5 Å². The van der Waals surface area contributed by atoms with Crippen LogP contribution in [0.25, 0.3) is 10.9 Å². The van der Waals surface area contributed by atoms with Gasteiger partial charge in [0.1, 0.15) is 0 Å². The summed E-state index contributed by atoms with van der Waals surface area (Å²) in [6, 6.07) is 4.72. The molecule has 1 N–H and O–H groups in total. The molecule has 0 spiro atoms. The van der Waals surface area contributed by atoms with Crippen molar-refractivity contribution < 1.29 is 18.0 Å². The summed E-state index contributed by atoms with van der Waals surface area (Å²) in [4.78, 5) is 27.5. The van der Waals surface area contributed by atoms with Gasteiger partial charge in [-0.3, -0.25) is 9.59 Å². The summed E-state index contributed by atoms with van der Waals surface area (Å²) in [7, 11) is 0. The van der Waals surface area contributed by atoms with Gasteiger partial charge in [0.25, 0.3) is 0 Å². The van der Waals surface area contributed by atoms with Crippen LogP contribution in [0.5, 0.6) is 0 Å². The normalized spacial score (nSPS) is 15.0. The number of amides is 1. The van der Waals surface area contributed by atoms with Crippen molar-refractivity contribution in [2.45, 2.75) is 19.1 Å². The third-order valence-electron chi connectivity index (χ3n) is 3.66. The zero-order valence-corrected chi connectivity index (χ0v) is 11.9. The minimum Gasteiger partial charge on any atom is -0.358 e. The highest BCUT2D eigenvalue weighted by molar-refractivity contribution is 6.31. The maximum atomic E-state index is 12.5. The van der Waals surface area contributed by atoms with Crippen molar-refractivity contribution in [1.82, 2.24) is 9.88 Å². The van der Waals surface area contributed by atoms with E-state index in [4.69, 9.17) is 11.6 Å². The molecule has 22 heavy (non-hydrogen) atoms. The van der Waals surface area contributed by atoms with Crippen LogP contribution < -0.4 is 5.43 Å². The zero-order valence-electron chi connectivity index (χ0n) is 11.1. The maximum Gasteiger partial charge on any atom is 0.471 e. The van der Waals surface area contributed by atoms with Gasteiger partial charge in [0.15, 0.2) is 5.43 Å². The molecule has 0 aliphatic carbocycles. The van der Waals surface area contributed by atoms with E-state index in [1.165, 1.54) is 6.07 Å². The first-order chi connectivity index (χ1) is 10.3. The molecule has 1 aromatic carbocycles. The monoisotopic (exact) mass is 330 g/mol. The Morgan fingerprint density at radius 1 is 1.32 bits per heavy atom. The number of carbonyl (C=O) groups is 1. The second-order valence-electron chi connectivity index (χ2n) is 5.08. The molecule has 1 aromatic heterocycles. The number of halogens is 4. The van der Waals surface area contributed by atoms with E-state index >= 15 is 0 Å². The molecule has 8 heteroatoms. The Hall–Kier alpha value is -2.02. The number of alkyl halides is 3. The van der Waals surface area contributed by atoms with E-state index in [2.05, 4.69) is 4.98 Å². The molecule has 0 atom stereocenters. The molecule has 0 bridgehead atoms. The van der Waals surface area contributed by atoms with Gasteiger partial charge < -0.3 is 9.88 Å². The summed E-state index contributed by atoms with van der Waals surface area (Å²) in [5.74, 6) is -1.93. The van der Waals surface area contributed by atoms with Crippen LogP contribution in [-0.2, 0) is 17.8 Å². The van der Waals surface area contributed by atoms with Crippen LogP contribution in [0.4, 0.5) is 13.2 Å². The van der Waals surface area contributed by atoms with Gasteiger partial charge in [0.05, 0.1) is 6.54 Å². The summed E-state index contributed by atoms with van der Waals surface area (Å²) in [6.07, 6.45) is -4.77. The van der Waals surface area contributed by atoms with Crippen molar-refractivity contribution in [2.24, 2.45) is 0 Å². The summed E-state index contributed by atoms with van der Waals surface area (Å²) >= 11 is 5.85. The average Bonchev–Trinajstić information content (AvgIpc) is 2.46. The Bertz CT molecular complexity index is 829. The van der Waals surface area contributed by atoms with Crippen molar-refractivity contribution in [3.63, 3.8) is 0 Å². The number of carbonyl (C=O) groups excluding carboxylic acids is 1. The summed E-state index contributed by atoms with van der Waals surface area (Å²) < 4.78 is 37.6. The molecule has 116 valence electrons. The van der Waals surface area contributed by atoms with Gasteiger partial charge >= 0.3 is 12.1 Å². The SMILES string of the molecule is O=C(N1CCc2[nH]c3ccc(Cl)cc3c(=O)c2C1)C(F)(F)F. The van der Waals surface area contributed by atoms with Crippen molar-refractivity contribution in [3.05, 3.63) is 44.7 Å². The number of nitrogens with one attached hydrogen (secondary N) is 1. The van der Waals surface area contributed by atoms with E-state index in [-0.39, 0.29) is 25.1 Å². The molecule has 2 aromatic rings. The number of pyridine rings is 1. The van der Waals surface area contributed by atoms with E-state index in [1.54, 1.807) is 12.1 Å². The molecule has 0 unspecified atom stereocenters. The number of hydrogen-bond acceptors (Lipinski definition) is 2. The first-order valence-electron chi connectivity index (χ1n) is 6.47. The van der Waals surface area contributed by atoms with Gasteiger partial charge in [-0.1, -0.05) is 11.6 Å². The van der Waals surface area contributed by atoms with E-state index in [9.17, 15) is 22.8 Å². The number of aromatic amines is 1. The smallest absolute Gasteiger partial charge is 0.358 e. The zero-order chi connectivity index (χ0) is 16.1. The summed E-state index contributed by atoms with van der Waals surface area (Å²) in [5, 5.41) is 0.657. The predicted molar refractivity (Wildman–Crippen MR) is 74.8 cm³/mol. The fourth-order valence-corrected chi connectivity index (χ4v) is 2.77. The van der Waals surface area contributed by atoms with Crippen LogP contribution in [0.3, 0.4) is 0 Å². The van der Waals surface area contributed by atoms with E-state index in [0.717, 1.165) is 0 Å². The minimum atomic E-state index is -4.94. The first kappa shape index (κ1) is 14.9. The molecule has 2 heterocycles. The molecule has 0 fully saturated rings. The highest BCUT2D eigenvalue weighted by atomic mass is 35.5. The highest BCUT2D eigenvalue weighted by Gasteiger charge is 2.43. The highest BCUT2D eigenvalue weighted by Crippen LogP contribution is 2.24. The number of aromatic nitrogens is 1. The lowest BCUT2D eigenvalue weighted by atomic mass is 10.0. The molecule has 1 aliphatic rings. The molecule has 0 saturated carbocycles. The van der Waals surface area contributed by atoms with E-state index < -0.39 is 17.5 Å². The molecule has 1 amide bonds. The van der Waals surface area contributed by atoms with Crippen LogP contribution in [0.15, 0.2) is 23.0 Å². The van der Waals surface area contributed by atoms with Crippen LogP contribution in [0, 0.1) is 0 Å². The Morgan fingerprint density at radius 3 is 2.73 bits per heavy atom. The Morgan fingerprint density at radius 2 is 2.05 bits per heavy atom. The number of rotatable bonds is 0. The quantitative estimate of drug-likeness (QED) is 0.807. The second-order valence-corrected chi connectivity index (χ2v) is 5.51. The number of hydrogen-bond donors (Lipinski definition) is 1. The third kappa shape index (κ3) is 2.45. The molecule has 4 nitrogen and oxygen atoms in total. The number of H-pyrrole nitrogens is 1. The largest absolute Gasteiger partial charge is 0.471 e.